The molecule has 0 aliphatic carbocycles. The minimum Gasteiger partial charge on any atom is -0.373 e. The molecule has 2 N–H and O–H groups in total. The molecule has 0 unspecified atom stereocenters. The number of aryl methyl sites for hydroxylation is 1. The number of nitrogens with one attached hydrogen (secondary N) is 2. The van der Waals surface area contributed by atoms with Crippen molar-refractivity contribution >= 4 is 44.9 Å². The number of rotatable bonds is 4. The molecule has 6 heteroatoms. The zero-order chi connectivity index (χ0) is 13.8. The van der Waals surface area contributed by atoms with Crippen molar-refractivity contribution in [1.29, 1.82) is 0 Å². The molecule has 100 valence electrons. The summed E-state index contributed by atoms with van der Waals surface area (Å²) >= 11 is 9.55. The molecule has 0 spiro atoms. The summed E-state index contributed by atoms with van der Waals surface area (Å²) in [7, 11) is 1.83. The van der Waals surface area contributed by atoms with Crippen LogP contribution in [0.1, 0.15) is 12.7 Å². The van der Waals surface area contributed by atoms with Gasteiger partial charge in [0.25, 0.3) is 0 Å². The molecule has 0 amide bonds. The number of hydrogen-bond donors (Lipinski definition) is 2. The Bertz CT molecular complexity index is 567. The van der Waals surface area contributed by atoms with Crippen LogP contribution < -0.4 is 10.6 Å². The van der Waals surface area contributed by atoms with E-state index in [2.05, 4.69) is 36.5 Å². The predicted molar refractivity (Wildman–Crippen MR) is 83.4 cm³/mol. The lowest BCUT2D eigenvalue weighted by molar-refractivity contribution is 0.945. The summed E-state index contributed by atoms with van der Waals surface area (Å²) < 4.78 is 0.941. The molecule has 0 saturated carbocycles. The summed E-state index contributed by atoms with van der Waals surface area (Å²) in [5, 5.41) is 6.86. The van der Waals surface area contributed by atoms with Gasteiger partial charge in [-0.1, -0.05) is 34.5 Å². The lowest BCUT2D eigenvalue weighted by atomic mass is 10.3. The average Bonchev–Trinajstić information content (AvgIpc) is 2.41. The topological polar surface area (TPSA) is 49.8 Å². The summed E-state index contributed by atoms with van der Waals surface area (Å²) in [6, 6.07) is 7.51. The van der Waals surface area contributed by atoms with Gasteiger partial charge in [0.2, 0.25) is 0 Å². The first-order valence-corrected chi connectivity index (χ1v) is 7.07. The van der Waals surface area contributed by atoms with Crippen LogP contribution in [0.25, 0.3) is 0 Å². The van der Waals surface area contributed by atoms with Crippen molar-refractivity contribution < 1.29 is 0 Å². The summed E-state index contributed by atoms with van der Waals surface area (Å²) in [6.45, 7) is 2.02. The largest absolute Gasteiger partial charge is 0.373 e. The smallest absolute Gasteiger partial charge is 0.136 e. The van der Waals surface area contributed by atoms with Crippen LogP contribution in [-0.4, -0.2) is 17.0 Å². The van der Waals surface area contributed by atoms with E-state index in [4.69, 9.17) is 11.6 Å². The first kappa shape index (κ1) is 14.1. The monoisotopic (exact) mass is 340 g/mol. The molecule has 1 heterocycles. The number of aromatic nitrogens is 2. The van der Waals surface area contributed by atoms with Gasteiger partial charge >= 0.3 is 0 Å². The van der Waals surface area contributed by atoms with E-state index in [-0.39, 0.29) is 0 Å². The minimum atomic E-state index is 0.636. The van der Waals surface area contributed by atoms with E-state index in [0.29, 0.717) is 5.02 Å². The Morgan fingerprint density at radius 2 is 1.95 bits per heavy atom. The van der Waals surface area contributed by atoms with Crippen LogP contribution in [0.15, 0.2) is 28.7 Å². The molecular formula is C13H14BrClN4. The standard InChI is InChI=1S/C13H14BrClN4/c1-3-11-18-12(16-2)7-13(19-11)17-10-5-4-8(14)6-9(10)15/h4-7H,3H2,1-2H3,(H2,16,17,18,19). The molecule has 2 rings (SSSR count). The second-order valence-electron chi connectivity index (χ2n) is 3.91. The molecule has 0 radical (unpaired) electrons. The maximum absolute atomic E-state index is 6.18. The van der Waals surface area contributed by atoms with Gasteiger partial charge in [0, 0.05) is 24.0 Å². The second kappa shape index (κ2) is 6.21. The van der Waals surface area contributed by atoms with Gasteiger partial charge in [0.05, 0.1) is 10.7 Å². The third-order valence-electron chi connectivity index (χ3n) is 2.54. The third-order valence-corrected chi connectivity index (χ3v) is 3.34. The Kier molecular flexibility index (Phi) is 4.61. The fourth-order valence-electron chi connectivity index (χ4n) is 1.58. The highest BCUT2D eigenvalue weighted by Crippen LogP contribution is 2.28. The zero-order valence-electron chi connectivity index (χ0n) is 10.7. The average molecular weight is 342 g/mol. The van der Waals surface area contributed by atoms with E-state index in [1.54, 1.807) is 0 Å². The van der Waals surface area contributed by atoms with Crippen LogP contribution in [-0.2, 0) is 6.42 Å². The quantitative estimate of drug-likeness (QED) is 0.873. The van der Waals surface area contributed by atoms with E-state index in [9.17, 15) is 0 Å². The lowest BCUT2D eigenvalue weighted by Crippen LogP contribution is -2.03. The van der Waals surface area contributed by atoms with Gasteiger partial charge in [-0.05, 0) is 18.2 Å². The van der Waals surface area contributed by atoms with Gasteiger partial charge in [-0.2, -0.15) is 0 Å². The van der Waals surface area contributed by atoms with Crippen LogP contribution in [0.4, 0.5) is 17.3 Å². The second-order valence-corrected chi connectivity index (χ2v) is 5.23. The van der Waals surface area contributed by atoms with Crippen molar-refractivity contribution in [2.24, 2.45) is 0 Å². The van der Waals surface area contributed by atoms with Gasteiger partial charge in [-0.15, -0.1) is 0 Å². The molecule has 0 aliphatic heterocycles. The van der Waals surface area contributed by atoms with E-state index in [1.807, 2.05) is 38.2 Å². The highest BCUT2D eigenvalue weighted by Gasteiger charge is 2.05. The van der Waals surface area contributed by atoms with Gasteiger partial charge in [-0.25, -0.2) is 9.97 Å². The van der Waals surface area contributed by atoms with Gasteiger partial charge in [-0.3, -0.25) is 0 Å². The number of hydrogen-bond acceptors (Lipinski definition) is 4. The number of halogens is 2. The summed E-state index contributed by atoms with van der Waals surface area (Å²) in [5.41, 5.74) is 0.813. The molecule has 1 aromatic heterocycles. The van der Waals surface area contributed by atoms with Gasteiger partial charge in [0.1, 0.15) is 17.5 Å². The van der Waals surface area contributed by atoms with Crippen LogP contribution in [0, 0.1) is 0 Å². The Morgan fingerprint density at radius 1 is 1.21 bits per heavy atom. The Hall–Kier alpha value is -1.33. The minimum absolute atomic E-state index is 0.636. The van der Waals surface area contributed by atoms with Crippen molar-refractivity contribution in [1.82, 2.24) is 9.97 Å². The Morgan fingerprint density at radius 3 is 2.58 bits per heavy atom. The Labute approximate surface area is 125 Å². The van der Waals surface area contributed by atoms with E-state index in [1.165, 1.54) is 0 Å². The lowest BCUT2D eigenvalue weighted by Gasteiger charge is -2.10. The first-order valence-electron chi connectivity index (χ1n) is 5.90. The van der Waals surface area contributed by atoms with E-state index in [0.717, 1.165) is 34.0 Å². The fraction of sp³-hybridized carbons (Fsp3) is 0.231. The molecule has 0 aliphatic rings. The zero-order valence-corrected chi connectivity index (χ0v) is 13.0. The van der Waals surface area contributed by atoms with E-state index < -0.39 is 0 Å². The van der Waals surface area contributed by atoms with Crippen molar-refractivity contribution in [3.8, 4) is 0 Å². The van der Waals surface area contributed by atoms with Crippen molar-refractivity contribution in [2.75, 3.05) is 17.7 Å². The normalized spacial score (nSPS) is 10.3. The molecule has 0 atom stereocenters. The SMILES string of the molecule is CCc1nc(NC)cc(Nc2ccc(Br)cc2Cl)n1. The molecule has 1 aromatic carbocycles. The molecule has 0 saturated heterocycles. The molecule has 2 aromatic rings. The number of nitrogens with zero attached hydrogens (tertiary/aromatic N) is 2. The van der Waals surface area contributed by atoms with Crippen molar-refractivity contribution in [2.45, 2.75) is 13.3 Å². The van der Waals surface area contributed by atoms with Gasteiger partial charge < -0.3 is 10.6 Å². The van der Waals surface area contributed by atoms with Crippen molar-refractivity contribution in [3.05, 3.63) is 39.6 Å². The predicted octanol–water partition coefficient (Wildman–Crippen LogP) is 4.24. The van der Waals surface area contributed by atoms with E-state index >= 15 is 0 Å². The fourth-order valence-corrected chi connectivity index (χ4v) is 2.30. The summed E-state index contributed by atoms with van der Waals surface area (Å²) in [4.78, 5) is 8.77. The maximum Gasteiger partial charge on any atom is 0.136 e. The maximum atomic E-state index is 6.18. The number of benzene rings is 1. The van der Waals surface area contributed by atoms with Crippen molar-refractivity contribution in [3.63, 3.8) is 0 Å². The molecule has 0 fully saturated rings. The Balaban J connectivity index is 2.31. The third kappa shape index (κ3) is 3.58. The van der Waals surface area contributed by atoms with Gasteiger partial charge in [0.15, 0.2) is 0 Å². The van der Waals surface area contributed by atoms with Crippen LogP contribution in [0.3, 0.4) is 0 Å². The molecule has 0 bridgehead atoms. The highest BCUT2D eigenvalue weighted by molar-refractivity contribution is 9.10. The highest BCUT2D eigenvalue weighted by atomic mass is 79.9. The first-order chi connectivity index (χ1) is 9.12. The number of anilines is 3. The van der Waals surface area contributed by atoms with Crippen LogP contribution in [0.2, 0.25) is 5.02 Å². The van der Waals surface area contributed by atoms with Crippen LogP contribution in [0.5, 0.6) is 0 Å². The van der Waals surface area contributed by atoms with Crippen LogP contribution >= 0.6 is 27.5 Å². The summed E-state index contributed by atoms with van der Waals surface area (Å²) in [5.74, 6) is 2.28. The molecule has 4 nitrogen and oxygen atoms in total. The molecule has 19 heavy (non-hydrogen) atoms. The summed E-state index contributed by atoms with van der Waals surface area (Å²) in [6.07, 6.45) is 0.776. The molecular weight excluding hydrogens is 328 g/mol.